The van der Waals surface area contributed by atoms with Gasteiger partial charge in [0.05, 0.1) is 6.26 Å². The fourth-order valence-corrected chi connectivity index (χ4v) is 3.04. The first-order valence-corrected chi connectivity index (χ1v) is 8.49. The SMILES string of the molecule is Cc1ccccc1OC1(C(=O)O)CCN(C/C=C/c2ccco2)CC1. The molecule has 1 saturated heterocycles. The molecule has 5 heteroatoms. The molecule has 0 atom stereocenters. The third kappa shape index (κ3) is 4.12. The first-order chi connectivity index (χ1) is 12.1. The standard InChI is InChI=1S/C20H23NO4/c1-16-6-2-3-9-18(16)25-20(19(22)23)10-13-21(14-11-20)12-4-7-17-8-5-15-24-17/h2-9,15H,10-14H2,1H3,(H,22,23)/b7-4+. The number of piperidine rings is 1. The molecular formula is C20H23NO4. The third-order valence-corrected chi connectivity index (χ3v) is 4.64. The summed E-state index contributed by atoms with van der Waals surface area (Å²) >= 11 is 0. The van der Waals surface area contributed by atoms with Gasteiger partial charge in [-0.25, -0.2) is 4.79 Å². The number of ether oxygens (including phenoxy) is 1. The highest BCUT2D eigenvalue weighted by Gasteiger charge is 2.44. The molecule has 0 saturated carbocycles. The summed E-state index contributed by atoms with van der Waals surface area (Å²) in [5, 5.41) is 9.76. The topological polar surface area (TPSA) is 62.9 Å². The van der Waals surface area contributed by atoms with Crippen molar-refractivity contribution >= 4 is 12.0 Å². The number of nitrogens with zero attached hydrogens (tertiary/aromatic N) is 1. The summed E-state index contributed by atoms with van der Waals surface area (Å²) in [5.41, 5.74) is -0.195. The lowest BCUT2D eigenvalue weighted by Gasteiger charge is -2.38. The first-order valence-electron chi connectivity index (χ1n) is 8.49. The number of likely N-dealkylation sites (tertiary alicyclic amines) is 1. The minimum Gasteiger partial charge on any atom is -0.478 e. The number of rotatable bonds is 6. The van der Waals surface area contributed by atoms with Crippen LogP contribution in [0.25, 0.3) is 6.08 Å². The molecule has 25 heavy (non-hydrogen) atoms. The highest BCUT2D eigenvalue weighted by molar-refractivity contribution is 5.78. The Hall–Kier alpha value is -2.53. The van der Waals surface area contributed by atoms with Crippen LogP contribution < -0.4 is 4.74 Å². The van der Waals surface area contributed by atoms with Crippen LogP contribution in [0.5, 0.6) is 5.75 Å². The van der Waals surface area contributed by atoms with Gasteiger partial charge in [0.2, 0.25) is 5.60 Å². The predicted octanol–water partition coefficient (Wildman–Crippen LogP) is 3.60. The predicted molar refractivity (Wildman–Crippen MR) is 95.6 cm³/mol. The number of aliphatic carboxylic acids is 1. The Bertz CT molecular complexity index is 728. The van der Waals surface area contributed by atoms with E-state index in [2.05, 4.69) is 4.90 Å². The number of furan rings is 1. The normalized spacial score (nSPS) is 17.6. The van der Waals surface area contributed by atoms with E-state index >= 15 is 0 Å². The zero-order valence-electron chi connectivity index (χ0n) is 14.4. The molecular weight excluding hydrogens is 318 g/mol. The van der Waals surface area contributed by atoms with Crippen molar-refractivity contribution in [1.82, 2.24) is 4.90 Å². The van der Waals surface area contributed by atoms with Crippen LogP contribution in [0.4, 0.5) is 0 Å². The summed E-state index contributed by atoms with van der Waals surface area (Å²) in [4.78, 5) is 14.1. The van der Waals surface area contributed by atoms with Crippen LogP contribution in [-0.2, 0) is 4.79 Å². The van der Waals surface area contributed by atoms with Crippen molar-refractivity contribution in [2.24, 2.45) is 0 Å². The van der Waals surface area contributed by atoms with Gasteiger partial charge in [-0.2, -0.15) is 0 Å². The Morgan fingerprint density at radius 3 is 2.68 bits per heavy atom. The molecule has 0 aliphatic carbocycles. The Balaban J connectivity index is 1.61. The van der Waals surface area contributed by atoms with Crippen molar-refractivity contribution < 1.29 is 19.1 Å². The number of carboxylic acid groups (broad SMARTS) is 1. The average Bonchev–Trinajstić information content (AvgIpc) is 3.12. The summed E-state index contributed by atoms with van der Waals surface area (Å²) in [6, 6.07) is 11.3. The van der Waals surface area contributed by atoms with Crippen molar-refractivity contribution in [2.75, 3.05) is 19.6 Å². The lowest BCUT2D eigenvalue weighted by molar-refractivity contribution is -0.159. The maximum absolute atomic E-state index is 11.9. The van der Waals surface area contributed by atoms with Crippen LogP contribution in [0.15, 0.2) is 53.2 Å². The molecule has 1 aliphatic rings. The van der Waals surface area contributed by atoms with Crippen molar-refractivity contribution in [1.29, 1.82) is 0 Å². The van der Waals surface area contributed by atoms with Gasteiger partial charge in [0, 0.05) is 32.5 Å². The van der Waals surface area contributed by atoms with Crippen LogP contribution in [-0.4, -0.2) is 41.2 Å². The quantitative estimate of drug-likeness (QED) is 0.870. The zero-order chi connectivity index (χ0) is 17.7. The van der Waals surface area contributed by atoms with Gasteiger partial charge in [0.25, 0.3) is 0 Å². The Morgan fingerprint density at radius 1 is 1.28 bits per heavy atom. The van der Waals surface area contributed by atoms with E-state index in [0.717, 1.165) is 17.9 Å². The van der Waals surface area contributed by atoms with Crippen LogP contribution in [0.2, 0.25) is 0 Å². The van der Waals surface area contributed by atoms with Crippen LogP contribution in [0.1, 0.15) is 24.2 Å². The number of hydrogen-bond acceptors (Lipinski definition) is 4. The van der Waals surface area contributed by atoms with Crippen molar-refractivity contribution in [3.8, 4) is 5.75 Å². The van der Waals surface area contributed by atoms with Crippen molar-refractivity contribution in [2.45, 2.75) is 25.4 Å². The molecule has 1 fully saturated rings. The summed E-state index contributed by atoms with van der Waals surface area (Å²) in [6.07, 6.45) is 6.54. The van der Waals surface area contributed by atoms with Crippen molar-refractivity contribution in [3.63, 3.8) is 0 Å². The van der Waals surface area contributed by atoms with Gasteiger partial charge >= 0.3 is 5.97 Å². The number of carbonyl (C=O) groups is 1. The van der Waals surface area contributed by atoms with Crippen LogP contribution in [0.3, 0.4) is 0 Å². The van der Waals surface area contributed by atoms with Gasteiger partial charge in [0.15, 0.2) is 0 Å². The van der Waals surface area contributed by atoms with E-state index in [1.807, 2.05) is 55.5 Å². The number of para-hydroxylation sites is 1. The Labute approximate surface area is 147 Å². The minimum atomic E-state index is -1.15. The molecule has 0 amide bonds. The van der Waals surface area contributed by atoms with Gasteiger partial charge in [-0.1, -0.05) is 24.3 Å². The zero-order valence-corrected chi connectivity index (χ0v) is 14.4. The van der Waals surface area contributed by atoms with Crippen molar-refractivity contribution in [3.05, 3.63) is 60.1 Å². The summed E-state index contributed by atoms with van der Waals surface area (Å²) < 4.78 is 11.2. The molecule has 0 spiro atoms. The Morgan fingerprint density at radius 2 is 2.04 bits per heavy atom. The Kier molecular flexibility index (Phi) is 5.24. The third-order valence-electron chi connectivity index (χ3n) is 4.64. The van der Waals surface area contributed by atoms with E-state index in [1.165, 1.54) is 0 Å². The fourth-order valence-electron chi connectivity index (χ4n) is 3.04. The van der Waals surface area contributed by atoms with Gasteiger partial charge in [0.1, 0.15) is 11.5 Å². The summed E-state index contributed by atoms with van der Waals surface area (Å²) in [5.74, 6) is 0.581. The monoisotopic (exact) mass is 341 g/mol. The van der Waals surface area contributed by atoms with Gasteiger partial charge in [-0.05, 0) is 36.8 Å². The molecule has 2 aromatic rings. The fraction of sp³-hybridized carbons (Fsp3) is 0.350. The average molecular weight is 341 g/mol. The highest BCUT2D eigenvalue weighted by atomic mass is 16.5. The molecule has 0 bridgehead atoms. The second kappa shape index (κ2) is 7.57. The molecule has 1 aromatic carbocycles. The second-order valence-corrected chi connectivity index (χ2v) is 6.39. The van der Waals surface area contributed by atoms with E-state index in [1.54, 1.807) is 6.26 Å². The minimum absolute atomic E-state index is 0.464. The van der Waals surface area contributed by atoms with Gasteiger partial charge in [-0.3, -0.25) is 4.90 Å². The summed E-state index contributed by atoms with van der Waals surface area (Å²) in [7, 11) is 0. The van der Waals surface area contributed by atoms with Crippen LogP contribution >= 0.6 is 0 Å². The maximum atomic E-state index is 11.9. The first kappa shape index (κ1) is 17.3. The van der Waals surface area contributed by atoms with E-state index in [9.17, 15) is 9.90 Å². The molecule has 3 rings (SSSR count). The molecule has 0 radical (unpaired) electrons. The highest BCUT2D eigenvalue weighted by Crippen LogP contribution is 2.31. The maximum Gasteiger partial charge on any atom is 0.348 e. The lowest BCUT2D eigenvalue weighted by atomic mass is 9.91. The van der Waals surface area contributed by atoms with Crippen LogP contribution in [0, 0.1) is 6.92 Å². The van der Waals surface area contributed by atoms with E-state index in [-0.39, 0.29) is 0 Å². The lowest BCUT2D eigenvalue weighted by Crippen LogP contribution is -2.53. The number of hydrogen-bond donors (Lipinski definition) is 1. The molecule has 1 aromatic heterocycles. The smallest absolute Gasteiger partial charge is 0.348 e. The molecule has 2 heterocycles. The molecule has 0 unspecified atom stereocenters. The van der Waals surface area contributed by atoms with E-state index < -0.39 is 11.6 Å². The molecule has 1 N–H and O–H groups in total. The second-order valence-electron chi connectivity index (χ2n) is 6.39. The number of carboxylic acids is 1. The molecule has 5 nitrogen and oxygen atoms in total. The van der Waals surface area contributed by atoms with Gasteiger partial charge < -0.3 is 14.3 Å². The van der Waals surface area contributed by atoms with E-state index in [4.69, 9.17) is 9.15 Å². The number of benzene rings is 1. The van der Waals surface area contributed by atoms with E-state index in [0.29, 0.717) is 31.7 Å². The largest absolute Gasteiger partial charge is 0.478 e. The number of aryl methyl sites for hydroxylation is 1. The molecule has 1 aliphatic heterocycles. The summed E-state index contributed by atoms with van der Waals surface area (Å²) in [6.45, 7) is 4.06. The van der Waals surface area contributed by atoms with Gasteiger partial charge in [-0.15, -0.1) is 0 Å². The molecule has 132 valence electrons.